The molecule has 7 nitrogen and oxygen atoms in total. The van der Waals surface area contributed by atoms with Crippen molar-refractivity contribution in [2.45, 2.75) is 19.8 Å². The maximum Gasteiger partial charge on any atom is 0.157 e. The van der Waals surface area contributed by atoms with Gasteiger partial charge in [-0.3, -0.25) is 0 Å². The minimum Gasteiger partial charge on any atom is -0.393 e. The number of piperidine rings is 1. The Morgan fingerprint density at radius 2 is 1.78 bits per heavy atom. The zero-order valence-corrected chi connectivity index (χ0v) is 14.5. The van der Waals surface area contributed by atoms with Gasteiger partial charge in [0.2, 0.25) is 0 Å². The van der Waals surface area contributed by atoms with E-state index in [4.69, 9.17) is 15.2 Å². The molecule has 0 saturated carbocycles. The molecule has 7 heteroatoms. The van der Waals surface area contributed by atoms with Crippen LogP contribution in [0, 0.1) is 5.92 Å². The number of methoxy groups -OCH3 is 2. The molecule has 130 valence electrons. The number of nitrogens with two attached hydrogens (primary N) is 1. The van der Waals surface area contributed by atoms with Crippen molar-refractivity contribution < 1.29 is 9.47 Å². The average Bonchev–Trinajstić information content (AvgIpc) is 2.57. The lowest BCUT2D eigenvalue weighted by Crippen LogP contribution is -2.36. The Balaban J connectivity index is 2.18. The Kier molecular flexibility index (Phi) is 6.85. The van der Waals surface area contributed by atoms with Gasteiger partial charge in [0, 0.05) is 40.4 Å². The second-order valence-electron chi connectivity index (χ2n) is 6.08. The first kappa shape index (κ1) is 17.7. The standard InChI is InChI=1S/C16H29N5O2/c1-13-4-6-20(7-5-13)15-14(17)16(19-12-18-15)21(8-10-22-2)9-11-23-3/h12-13H,4-11,17H2,1-3H3. The molecular formula is C16H29N5O2. The smallest absolute Gasteiger partial charge is 0.157 e. The molecule has 2 heterocycles. The van der Waals surface area contributed by atoms with Crippen molar-refractivity contribution in [2.24, 2.45) is 5.92 Å². The Bertz CT molecular complexity index is 470. The van der Waals surface area contributed by atoms with Crippen molar-refractivity contribution in [1.29, 1.82) is 0 Å². The topological polar surface area (TPSA) is 76.7 Å². The third-order valence-electron chi connectivity index (χ3n) is 4.36. The summed E-state index contributed by atoms with van der Waals surface area (Å²) in [6.45, 7) is 6.96. The van der Waals surface area contributed by atoms with E-state index in [2.05, 4.69) is 26.7 Å². The molecule has 0 aliphatic carbocycles. The summed E-state index contributed by atoms with van der Waals surface area (Å²) in [4.78, 5) is 13.2. The van der Waals surface area contributed by atoms with E-state index in [0.717, 1.165) is 43.7 Å². The lowest BCUT2D eigenvalue weighted by molar-refractivity contribution is 0.190. The van der Waals surface area contributed by atoms with Gasteiger partial charge < -0.3 is 25.0 Å². The summed E-state index contributed by atoms with van der Waals surface area (Å²) in [5.41, 5.74) is 7.05. The number of rotatable bonds is 8. The van der Waals surface area contributed by atoms with E-state index in [1.807, 2.05) is 0 Å². The molecule has 1 saturated heterocycles. The van der Waals surface area contributed by atoms with Gasteiger partial charge in [-0.25, -0.2) is 9.97 Å². The predicted octanol–water partition coefficient (Wildman–Crippen LogP) is 1.39. The molecule has 0 atom stereocenters. The van der Waals surface area contributed by atoms with E-state index < -0.39 is 0 Å². The Hall–Kier alpha value is -1.60. The van der Waals surface area contributed by atoms with Crippen molar-refractivity contribution in [2.75, 3.05) is 69.1 Å². The van der Waals surface area contributed by atoms with Crippen molar-refractivity contribution in [1.82, 2.24) is 9.97 Å². The van der Waals surface area contributed by atoms with E-state index in [-0.39, 0.29) is 0 Å². The normalized spacial score (nSPS) is 15.9. The monoisotopic (exact) mass is 323 g/mol. The summed E-state index contributed by atoms with van der Waals surface area (Å²) in [5, 5.41) is 0. The fraction of sp³-hybridized carbons (Fsp3) is 0.750. The van der Waals surface area contributed by atoms with Crippen LogP contribution in [0.25, 0.3) is 0 Å². The van der Waals surface area contributed by atoms with Gasteiger partial charge in [0.25, 0.3) is 0 Å². The number of nitrogen functional groups attached to an aromatic ring is 1. The first-order valence-electron chi connectivity index (χ1n) is 8.25. The zero-order valence-electron chi connectivity index (χ0n) is 14.5. The van der Waals surface area contributed by atoms with Gasteiger partial charge in [0.1, 0.15) is 12.0 Å². The maximum atomic E-state index is 6.40. The van der Waals surface area contributed by atoms with Crippen LogP contribution in [0.5, 0.6) is 0 Å². The molecule has 1 aromatic heterocycles. The second-order valence-corrected chi connectivity index (χ2v) is 6.08. The zero-order chi connectivity index (χ0) is 16.7. The van der Waals surface area contributed by atoms with Gasteiger partial charge in [-0.2, -0.15) is 0 Å². The first-order chi connectivity index (χ1) is 11.2. The fourth-order valence-electron chi connectivity index (χ4n) is 2.83. The van der Waals surface area contributed by atoms with E-state index >= 15 is 0 Å². The summed E-state index contributed by atoms with van der Waals surface area (Å²) >= 11 is 0. The number of hydrogen-bond donors (Lipinski definition) is 1. The molecule has 0 bridgehead atoms. The molecule has 0 unspecified atom stereocenters. The van der Waals surface area contributed by atoms with Gasteiger partial charge in [0.15, 0.2) is 11.6 Å². The number of aromatic nitrogens is 2. The quantitative estimate of drug-likeness (QED) is 0.774. The summed E-state index contributed by atoms with van der Waals surface area (Å²) in [6, 6.07) is 0. The van der Waals surface area contributed by atoms with Crippen LogP contribution in [-0.2, 0) is 9.47 Å². The van der Waals surface area contributed by atoms with Gasteiger partial charge in [0.05, 0.1) is 13.2 Å². The highest BCUT2D eigenvalue weighted by molar-refractivity contribution is 5.75. The lowest BCUT2D eigenvalue weighted by Gasteiger charge is -2.33. The molecule has 0 aromatic carbocycles. The molecule has 1 aromatic rings. The number of anilines is 3. The molecule has 1 fully saturated rings. The van der Waals surface area contributed by atoms with E-state index in [1.54, 1.807) is 20.5 Å². The maximum absolute atomic E-state index is 6.40. The number of nitrogens with zero attached hydrogens (tertiary/aromatic N) is 4. The lowest BCUT2D eigenvalue weighted by atomic mass is 9.99. The average molecular weight is 323 g/mol. The van der Waals surface area contributed by atoms with Crippen LogP contribution in [0.3, 0.4) is 0 Å². The Morgan fingerprint density at radius 3 is 2.35 bits per heavy atom. The van der Waals surface area contributed by atoms with E-state index in [1.165, 1.54) is 12.8 Å². The third-order valence-corrected chi connectivity index (χ3v) is 4.36. The first-order valence-corrected chi connectivity index (χ1v) is 8.25. The molecule has 2 rings (SSSR count). The highest BCUT2D eigenvalue weighted by atomic mass is 16.5. The molecule has 1 aliphatic heterocycles. The van der Waals surface area contributed by atoms with Gasteiger partial charge in [-0.05, 0) is 18.8 Å². The highest BCUT2D eigenvalue weighted by Crippen LogP contribution is 2.31. The van der Waals surface area contributed by atoms with Gasteiger partial charge in [-0.15, -0.1) is 0 Å². The van der Waals surface area contributed by atoms with Crippen LogP contribution in [0.2, 0.25) is 0 Å². The molecule has 0 spiro atoms. The second kappa shape index (κ2) is 8.88. The summed E-state index contributed by atoms with van der Waals surface area (Å²) in [5.74, 6) is 2.39. The van der Waals surface area contributed by atoms with Gasteiger partial charge in [-0.1, -0.05) is 6.92 Å². The fourth-order valence-corrected chi connectivity index (χ4v) is 2.83. The van der Waals surface area contributed by atoms with E-state index in [9.17, 15) is 0 Å². The summed E-state index contributed by atoms with van der Waals surface area (Å²) in [6.07, 6.45) is 3.96. The predicted molar refractivity (Wildman–Crippen MR) is 93.0 cm³/mol. The minimum absolute atomic E-state index is 0.615. The highest BCUT2D eigenvalue weighted by Gasteiger charge is 2.22. The molecular weight excluding hydrogens is 294 g/mol. The van der Waals surface area contributed by atoms with E-state index in [0.29, 0.717) is 18.9 Å². The molecule has 2 N–H and O–H groups in total. The molecule has 0 amide bonds. The largest absolute Gasteiger partial charge is 0.393 e. The van der Waals surface area contributed by atoms with Crippen molar-refractivity contribution in [3.63, 3.8) is 0 Å². The third kappa shape index (κ3) is 4.68. The molecule has 0 radical (unpaired) electrons. The number of ether oxygens (including phenoxy) is 2. The SMILES string of the molecule is COCCN(CCOC)c1ncnc(N2CCC(C)CC2)c1N. The Labute approximate surface area is 138 Å². The van der Waals surface area contributed by atoms with Crippen molar-refractivity contribution in [3.05, 3.63) is 6.33 Å². The molecule has 1 aliphatic rings. The number of hydrogen-bond acceptors (Lipinski definition) is 7. The van der Waals surface area contributed by atoms with Gasteiger partial charge >= 0.3 is 0 Å². The van der Waals surface area contributed by atoms with Crippen LogP contribution in [-0.4, -0.2) is 63.6 Å². The molecule has 23 heavy (non-hydrogen) atoms. The van der Waals surface area contributed by atoms with Crippen LogP contribution >= 0.6 is 0 Å². The van der Waals surface area contributed by atoms with Crippen LogP contribution in [0.4, 0.5) is 17.3 Å². The summed E-state index contributed by atoms with van der Waals surface area (Å²) in [7, 11) is 3.39. The van der Waals surface area contributed by atoms with Crippen LogP contribution in [0.1, 0.15) is 19.8 Å². The Morgan fingerprint density at radius 1 is 1.17 bits per heavy atom. The van der Waals surface area contributed by atoms with Crippen LogP contribution < -0.4 is 15.5 Å². The van der Waals surface area contributed by atoms with Crippen LogP contribution in [0.15, 0.2) is 6.33 Å². The van der Waals surface area contributed by atoms with Crippen molar-refractivity contribution >= 4 is 17.3 Å². The van der Waals surface area contributed by atoms with Crippen molar-refractivity contribution in [3.8, 4) is 0 Å². The summed E-state index contributed by atoms with van der Waals surface area (Å²) < 4.78 is 10.4. The minimum atomic E-state index is 0.615.